The fraction of sp³-hybridized carbons (Fsp3) is 0.150. The fourth-order valence-corrected chi connectivity index (χ4v) is 2.96. The Balaban J connectivity index is 1.87. The van der Waals surface area contributed by atoms with Gasteiger partial charge in [-0.05, 0) is 43.2 Å². The van der Waals surface area contributed by atoms with E-state index in [0.717, 1.165) is 11.3 Å². The van der Waals surface area contributed by atoms with E-state index in [0.29, 0.717) is 21.8 Å². The molecule has 1 N–H and O–H groups in total. The Morgan fingerprint density at radius 1 is 1.23 bits per heavy atom. The van der Waals surface area contributed by atoms with Crippen molar-refractivity contribution in [3.8, 4) is 11.8 Å². The molecule has 0 aliphatic carbocycles. The lowest BCUT2D eigenvalue weighted by Gasteiger charge is -2.12. The van der Waals surface area contributed by atoms with Crippen LogP contribution < -0.4 is 5.32 Å². The Hall–Kier alpha value is -3.10. The van der Waals surface area contributed by atoms with E-state index in [2.05, 4.69) is 16.5 Å². The zero-order chi connectivity index (χ0) is 18.7. The van der Waals surface area contributed by atoms with Crippen molar-refractivity contribution >= 4 is 17.5 Å². The Kier molecular flexibility index (Phi) is 5.06. The van der Waals surface area contributed by atoms with Crippen molar-refractivity contribution in [1.29, 1.82) is 5.26 Å². The van der Waals surface area contributed by atoms with Crippen molar-refractivity contribution in [3.05, 3.63) is 82.1 Å². The highest BCUT2D eigenvalue weighted by Crippen LogP contribution is 2.20. The molecule has 0 aliphatic rings. The van der Waals surface area contributed by atoms with Gasteiger partial charge in [0.25, 0.3) is 5.91 Å². The lowest BCUT2D eigenvalue weighted by atomic mass is 10.1. The van der Waals surface area contributed by atoms with E-state index in [1.807, 2.05) is 38.1 Å². The Morgan fingerprint density at radius 3 is 2.69 bits per heavy atom. The number of hydrogen-bond acceptors (Lipinski definition) is 3. The first-order valence-electron chi connectivity index (χ1n) is 8.08. The second kappa shape index (κ2) is 7.42. The van der Waals surface area contributed by atoms with Crippen LogP contribution in [0.5, 0.6) is 0 Å². The van der Waals surface area contributed by atoms with E-state index in [-0.39, 0.29) is 5.91 Å². The smallest absolute Gasteiger partial charge is 0.256 e. The Morgan fingerprint density at radius 2 is 2.00 bits per heavy atom. The topological polar surface area (TPSA) is 70.7 Å². The minimum Gasteiger partial charge on any atom is -0.332 e. The molecule has 5 nitrogen and oxygen atoms in total. The first-order chi connectivity index (χ1) is 12.5. The van der Waals surface area contributed by atoms with Crippen LogP contribution in [0.4, 0.5) is 0 Å². The molecule has 3 aromatic rings. The standard InChI is InChI=1S/C20H17ClN4O/c1-13-6-3-4-9-19(13)25-14(2)17(12-23-25)20(26)24-18(11-22)15-7-5-8-16(21)10-15/h3-10,12,18H,1-2H3,(H,24,26)/t18-/m0/s1. The highest BCUT2D eigenvalue weighted by molar-refractivity contribution is 6.30. The van der Waals surface area contributed by atoms with Crippen LogP contribution in [0, 0.1) is 25.2 Å². The number of aryl methyl sites for hydroxylation is 1. The lowest BCUT2D eigenvalue weighted by Crippen LogP contribution is -2.28. The molecule has 0 unspecified atom stereocenters. The van der Waals surface area contributed by atoms with Crippen molar-refractivity contribution in [3.63, 3.8) is 0 Å². The van der Waals surface area contributed by atoms with Crippen molar-refractivity contribution in [2.45, 2.75) is 19.9 Å². The summed E-state index contributed by atoms with van der Waals surface area (Å²) in [6, 6.07) is 16.0. The number of carbonyl (C=O) groups excluding carboxylic acids is 1. The second-order valence-electron chi connectivity index (χ2n) is 5.93. The number of aromatic nitrogens is 2. The van der Waals surface area contributed by atoms with Gasteiger partial charge in [-0.25, -0.2) is 4.68 Å². The van der Waals surface area contributed by atoms with Crippen LogP contribution in [-0.2, 0) is 0 Å². The number of nitrogens with zero attached hydrogens (tertiary/aromatic N) is 3. The first-order valence-corrected chi connectivity index (χ1v) is 8.45. The molecular formula is C20H17ClN4O. The molecule has 6 heteroatoms. The molecule has 26 heavy (non-hydrogen) atoms. The Labute approximate surface area is 156 Å². The summed E-state index contributed by atoms with van der Waals surface area (Å²) in [6.07, 6.45) is 1.52. The maximum absolute atomic E-state index is 12.7. The zero-order valence-electron chi connectivity index (χ0n) is 14.4. The number of halogens is 1. The van der Waals surface area contributed by atoms with Gasteiger partial charge in [-0.1, -0.05) is 41.9 Å². The van der Waals surface area contributed by atoms with Crippen LogP contribution in [0.1, 0.15) is 33.2 Å². The van der Waals surface area contributed by atoms with Crippen LogP contribution in [0.2, 0.25) is 5.02 Å². The highest BCUT2D eigenvalue weighted by Gasteiger charge is 2.20. The highest BCUT2D eigenvalue weighted by atomic mass is 35.5. The summed E-state index contributed by atoms with van der Waals surface area (Å²) < 4.78 is 1.73. The van der Waals surface area contributed by atoms with Gasteiger partial charge < -0.3 is 5.32 Å². The normalized spacial score (nSPS) is 11.6. The largest absolute Gasteiger partial charge is 0.332 e. The molecule has 0 saturated carbocycles. The number of para-hydroxylation sites is 1. The van der Waals surface area contributed by atoms with Gasteiger partial charge in [-0.3, -0.25) is 4.79 Å². The second-order valence-corrected chi connectivity index (χ2v) is 6.37. The molecule has 1 amide bonds. The summed E-state index contributed by atoms with van der Waals surface area (Å²) in [5.41, 5.74) is 3.74. The quantitative estimate of drug-likeness (QED) is 0.756. The summed E-state index contributed by atoms with van der Waals surface area (Å²) in [5, 5.41) is 17.0. The molecular weight excluding hydrogens is 348 g/mol. The maximum Gasteiger partial charge on any atom is 0.256 e. The average Bonchev–Trinajstić information content (AvgIpc) is 3.01. The number of nitriles is 1. The lowest BCUT2D eigenvalue weighted by molar-refractivity contribution is 0.0944. The maximum atomic E-state index is 12.7. The van der Waals surface area contributed by atoms with Gasteiger partial charge in [0.15, 0.2) is 0 Å². The summed E-state index contributed by atoms with van der Waals surface area (Å²) in [6.45, 7) is 3.82. The van der Waals surface area contributed by atoms with Gasteiger partial charge in [0.1, 0.15) is 6.04 Å². The van der Waals surface area contributed by atoms with Gasteiger partial charge in [0.2, 0.25) is 0 Å². The third-order valence-electron chi connectivity index (χ3n) is 4.18. The molecule has 0 aliphatic heterocycles. The molecule has 0 spiro atoms. The minimum atomic E-state index is -0.789. The van der Waals surface area contributed by atoms with Gasteiger partial charge in [0, 0.05) is 5.02 Å². The summed E-state index contributed by atoms with van der Waals surface area (Å²) >= 11 is 5.98. The molecule has 1 atom stereocenters. The minimum absolute atomic E-state index is 0.353. The zero-order valence-corrected chi connectivity index (χ0v) is 15.2. The number of carbonyl (C=O) groups is 1. The first kappa shape index (κ1) is 17.7. The van der Waals surface area contributed by atoms with E-state index in [1.54, 1.807) is 28.9 Å². The van der Waals surface area contributed by atoms with Gasteiger partial charge in [-0.15, -0.1) is 0 Å². The van der Waals surface area contributed by atoms with Gasteiger partial charge >= 0.3 is 0 Å². The van der Waals surface area contributed by atoms with Crippen molar-refractivity contribution in [2.24, 2.45) is 0 Å². The molecule has 0 saturated heterocycles. The molecule has 1 aromatic heterocycles. The van der Waals surface area contributed by atoms with Crippen molar-refractivity contribution < 1.29 is 4.79 Å². The molecule has 130 valence electrons. The van der Waals surface area contributed by atoms with E-state index >= 15 is 0 Å². The number of amides is 1. The molecule has 1 heterocycles. The van der Waals surface area contributed by atoms with Crippen LogP contribution in [-0.4, -0.2) is 15.7 Å². The number of hydrogen-bond donors (Lipinski definition) is 1. The molecule has 3 rings (SSSR count). The predicted molar refractivity (Wildman–Crippen MR) is 100 cm³/mol. The molecule has 0 fully saturated rings. The molecule has 0 radical (unpaired) electrons. The predicted octanol–water partition coefficient (Wildman–Crippen LogP) is 4.14. The number of nitrogens with one attached hydrogen (secondary N) is 1. The SMILES string of the molecule is Cc1ccccc1-n1ncc(C(=O)N[C@@H](C#N)c2cccc(Cl)c2)c1C. The van der Waals surface area contributed by atoms with Gasteiger partial charge in [-0.2, -0.15) is 10.4 Å². The van der Waals surface area contributed by atoms with E-state index in [9.17, 15) is 10.1 Å². The average molecular weight is 365 g/mol. The number of rotatable bonds is 4. The third kappa shape index (κ3) is 3.46. The van der Waals surface area contributed by atoms with Crippen molar-refractivity contribution in [2.75, 3.05) is 0 Å². The molecule has 0 bridgehead atoms. The van der Waals surface area contributed by atoms with E-state index < -0.39 is 6.04 Å². The Bertz CT molecular complexity index is 1000. The number of benzene rings is 2. The van der Waals surface area contributed by atoms with Gasteiger partial charge in [0.05, 0.1) is 29.2 Å². The van der Waals surface area contributed by atoms with E-state index in [1.165, 1.54) is 6.20 Å². The third-order valence-corrected chi connectivity index (χ3v) is 4.42. The van der Waals surface area contributed by atoms with E-state index in [4.69, 9.17) is 11.6 Å². The molecule has 2 aromatic carbocycles. The monoisotopic (exact) mass is 364 g/mol. The van der Waals surface area contributed by atoms with Crippen molar-refractivity contribution in [1.82, 2.24) is 15.1 Å². The summed E-state index contributed by atoms with van der Waals surface area (Å²) in [7, 11) is 0. The fourth-order valence-electron chi connectivity index (χ4n) is 2.76. The van der Waals surface area contributed by atoms with Crippen LogP contribution in [0.15, 0.2) is 54.7 Å². The van der Waals surface area contributed by atoms with Crippen LogP contribution in [0.3, 0.4) is 0 Å². The van der Waals surface area contributed by atoms with Crippen LogP contribution >= 0.6 is 11.6 Å². The summed E-state index contributed by atoms with van der Waals surface area (Å²) in [5.74, 6) is -0.353. The van der Waals surface area contributed by atoms with Crippen LogP contribution in [0.25, 0.3) is 5.69 Å². The summed E-state index contributed by atoms with van der Waals surface area (Å²) in [4.78, 5) is 12.7.